The van der Waals surface area contributed by atoms with Gasteiger partial charge in [-0.2, -0.15) is 0 Å². The van der Waals surface area contributed by atoms with Crippen molar-refractivity contribution in [2.75, 3.05) is 42.7 Å². The van der Waals surface area contributed by atoms with Crippen LogP contribution >= 0.6 is 0 Å². The number of ketones is 2. The monoisotopic (exact) mass is 476 g/mol. The molecule has 4 unspecified atom stereocenters. The van der Waals surface area contributed by atoms with E-state index in [2.05, 4.69) is 0 Å². The summed E-state index contributed by atoms with van der Waals surface area (Å²) in [4.78, 5) is 50.8. The van der Waals surface area contributed by atoms with E-state index in [4.69, 9.17) is 28.4 Å². The number of esters is 2. The number of hydrogen-bond donors (Lipinski definition) is 0. The van der Waals surface area contributed by atoms with Gasteiger partial charge in [0, 0.05) is 51.9 Å². The van der Waals surface area contributed by atoms with Crippen molar-refractivity contribution in [1.29, 1.82) is 0 Å². The summed E-state index contributed by atoms with van der Waals surface area (Å²) in [6.07, 6.45) is 9.89. The molecule has 10 nitrogen and oxygen atoms in total. The summed E-state index contributed by atoms with van der Waals surface area (Å²) in [7, 11) is 7.73. The zero-order valence-electron chi connectivity index (χ0n) is 19.9. The van der Waals surface area contributed by atoms with Gasteiger partial charge in [-0.1, -0.05) is 24.3 Å². The summed E-state index contributed by atoms with van der Waals surface area (Å²) in [6.45, 7) is 0. The van der Waals surface area contributed by atoms with Crippen LogP contribution in [-0.4, -0.2) is 77.7 Å². The van der Waals surface area contributed by atoms with Crippen LogP contribution in [0.4, 0.5) is 0 Å². The molecule has 184 valence electrons. The number of carbonyl (C=O) groups is 4. The second-order valence-electron chi connectivity index (χ2n) is 8.03. The van der Waals surface area contributed by atoms with Crippen LogP contribution < -0.4 is 0 Å². The Bertz CT molecular complexity index is 995. The third-order valence-corrected chi connectivity index (χ3v) is 6.98. The van der Waals surface area contributed by atoms with Crippen molar-refractivity contribution in [3.63, 3.8) is 0 Å². The van der Waals surface area contributed by atoms with Crippen LogP contribution in [0.2, 0.25) is 0 Å². The molecule has 1 saturated carbocycles. The zero-order chi connectivity index (χ0) is 25.3. The smallest absolute Gasteiger partial charge is 0.330 e. The number of allylic oxidation sites excluding steroid dienone is 4. The molecular formula is C24H28O10. The lowest BCUT2D eigenvalue weighted by molar-refractivity contribution is -0.305. The maximum absolute atomic E-state index is 13.8. The van der Waals surface area contributed by atoms with Crippen LogP contribution in [0.3, 0.4) is 0 Å². The van der Waals surface area contributed by atoms with Crippen molar-refractivity contribution in [3.05, 3.63) is 48.1 Å². The summed E-state index contributed by atoms with van der Waals surface area (Å²) in [5.74, 6) is -8.78. The molecule has 0 radical (unpaired) electrons. The summed E-state index contributed by atoms with van der Waals surface area (Å²) in [5.41, 5.74) is -0.758. The summed E-state index contributed by atoms with van der Waals surface area (Å²) in [6, 6.07) is 0. The van der Waals surface area contributed by atoms with Gasteiger partial charge in [0.1, 0.15) is 0 Å². The second-order valence-corrected chi connectivity index (χ2v) is 8.03. The van der Waals surface area contributed by atoms with Gasteiger partial charge in [-0.05, 0) is 11.6 Å². The predicted molar refractivity (Wildman–Crippen MR) is 116 cm³/mol. The molecule has 2 bridgehead atoms. The Balaban J connectivity index is 2.39. The van der Waals surface area contributed by atoms with Crippen LogP contribution in [0.15, 0.2) is 48.1 Å². The van der Waals surface area contributed by atoms with E-state index in [9.17, 15) is 19.2 Å². The number of ether oxygens (including phenoxy) is 6. The summed E-state index contributed by atoms with van der Waals surface area (Å²) in [5, 5.41) is 0. The lowest BCUT2D eigenvalue weighted by atomic mass is 9.44. The van der Waals surface area contributed by atoms with E-state index < -0.39 is 58.2 Å². The molecule has 0 aliphatic heterocycles. The molecule has 4 aliphatic rings. The first-order chi connectivity index (χ1) is 16.2. The highest BCUT2D eigenvalue weighted by Gasteiger charge is 2.75. The minimum atomic E-state index is -1.86. The molecule has 0 saturated heterocycles. The van der Waals surface area contributed by atoms with Gasteiger partial charge in [0.15, 0.2) is 0 Å². The standard InChI is InChI=1S/C24H28O10/c1-29-17(26)8-7-14-13-15-21(28)24(33-5,34-6)19(14)20-22(15,12-10-18(27)30-2)11-9-16(25)23(20,31-3)32-4/h7-13,15,19-20H,1-6H3/b8-7+,12-10+. The molecule has 0 N–H and O–H groups in total. The number of rotatable bonds is 8. The first kappa shape index (κ1) is 25.7. The maximum atomic E-state index is 13.8. The lowest BCUT2D eigenvalue weighted by Crippen LogP contribution is -2.74. The average molecular weight is 476 g/mol. The number of Topliss-reactive ketones (excluding diaryl/α,β-unsaturated/α-hetero) is 1. The molecule has 4 rings (SSSR count). The maximum Gasteiger partial charge on any atom is 0.330 e. The van der Waals surface area contributed by atoms with Gasteiger partial charge >= 0.3 is 11.9 Å². The van der Waals surface area contributed by atoms with Gasteiger partial charge < -0.3 is 28.4 Å². The van der Waals surface area contributed by atoms with Crippen molar-refractivity contribution in [2.24, 2.45) is 23.2 Å². The van der Waals surface area contributed by atoms with Crippen LogP contribution in [0, 0.1) is 23.2 Å². The predicted octanol–water partition coefficient (Wildman–Crippen LogP) is 0.920. The molecule has 10 heteroatoms. The Kier molecular flexibility index (Phi) is 7.09. The third kappa shape index (κ3) is 3.40. The molecule has 0 amide bonds. The minimum Gasteiger partial charge on any atom is -0.466 e. The highest BCUT2D eigenvalue weighted by molar-refractivity contribution is 6.01. The van der Waals surface area contributed by atoms with Crippen molar-refractivity contribution < 1.29 is 47.6 Å². The van der Waals surface area contributed by atoms with E-state index in [0.717, 1.165) is 0 Å². The van der Waals surface area contributed by atoms with E-state index in [1.165, 1.54) is 73.0 Å². The normalized spacial score (nSPS) is 31.0. The van der Waals surface area contributed by atoms with Gasteiger partial charge in [-0.15, -0.1) is 0 Å². The topological polar surface area (TPSA) is 124 Å². The molecule has 34 heavy (non-hydrogen) atoms. The highest BCUT2D eigenvalue weighted by atomic mass is 16.7. The largest absolute Gasteiger partial charge is 0.466 e. The van der Waals surface area contributed by atoms with E-state index in [1.807, 2.05) is 0 Å². The van der Waals surface area contributed by atoms with E-state index in [0.29, 0.717) is 5.57 Å². The van der Waals surface area contributed by atoms with Gasteiger partial charge in [-0.25, -0.2) is 9.59 Å². The molecular weight excluding hydrogens is 448 g/mol. The summed E-state index contributed by atoms with van der Waals surface area (Å²) < 4.78 is 32.2. The third-order valence-electron chi connectivity index (χ3n) is 6.98. The van der Waals surface area contributed by atoms with Gasteiger partial charge in [0.2, 0.25) is 23.1 Å². The van der Waals surface area contributed by atoms with Crippen molar-refractivity contribution in [2.45, 2.75) is 11.6 Å². The first-order valence-electron chi connectivity index (χ1n) is 10.4. The van der Waals surface area contributed by atoms with Crippen molar-refractivity contribution in [3.8, 4) is 0 Å². The van der Waals surface area contributed by atoms with Crippen LogP contribution in [0.25, 0.3) is 0 Å². The summed E-state index contributed by atoms with van der Waals surface area (Å²) >= 11 is 0. The minimum absolute atomic E-state index is 0.427. The second kappa shape index (κ2) is 9.38. The molecule has 0 aromatic carbocycles. The fraction of sp³-hybridized carbons (Fsp3) is 0.500. The number of methoxy groups -OCH3 is 6. The molecule has 0 aromatic rings. The van der Waals surface area contributed by atoms with E-state index in [1.54, 1.807) is 12.2 Å². The van der Waals surface area contributed by atoms with Crippen LogP contribution in [0.5, 0.6) is 0 Å². The Morgan fingerprint density at radius 3 is 1.94 bits per heavy atom. The Morgan fingerprint density at radius 2 is 1.41 bits per heavy atom. The number of fused-ring (bicyclic) bond motifs is 1. The average Bonchev–Trinajstić information content (AvgIpc) is 2.87. The van der Waals surface area contributed by atoms with Crippen molar-refractivity contribution >= 4 is 23.5 Å². The fourth-order valence-electron chi connectivity index (χ4n) is 5.48. The molecule has 0 aromatic heterocycles. The fourth-order valence-corrected chi connectivity index (χ4v) is 5.48. The Morgan fingerprint density at radius 1 is 0.853 bits per heavy atom. The first-order valence-corrected chi connectivity index (χ1v) is 10.4. The number of hydrogen-bond acceptors (Lipinski definition) is 10. The quantitative estimate of drug-likeness (QED) is 0.284. The molecule has 0 heterocycles. The SMILES string of the molecule is COC(=O)/C=C/C1=CC2C(=O)C(OC)(OC)C1C1C(OC)(OC)C(=O)C=CC21/C=C/C(=O)OC. The van der Waals surface area contributed by atoms with E-state index >= 15 is 0 Å². The van der Waals surface area contributed by atoms with Crippen LogP contribution in [-0.2, 0) is 47.6 Å². The lowest BCUT2D eigenvalue weighted by Gasteiger charge is -2.63. The van der Waals surface area contributed by atoms with Crippen molar-refractivity contribution in [1.82, 2.24) is 0 Å². The highest BCUT2D eigenvalue weighted by Crippen LogP contribution is 2.65. The Labute approximate surface area is 197 Å². The number of carbonyl (C=O) groups excluding carboxylic acids is 4. The Hall–Kier alpha value is -2.92. The van der Waals surface area contributed by atoms with Gasteiger partial charge in [0.05, 0.1) is 26.1 Å². The van der Waals surface area contributed by atoms with Gasteiger partial charge in [0.25, 0.3) is 0 Å². The molecule has 4 aliphatic carbocycles. The molecule has 0 spiro atoms. The zero-order valence-corrected chi connectivity index (χ0v) is 19.9. The van der Waals surface area contributed by atoms with E-state index in [-0.39, 0.29) is 0 Å². The van der Waals surface area contributed by atoms with Gasteiger partial charge in [-0.3, -0.25) is 9.59 Å². The van der Waals surface area contributed by atoms with Crippen LogP contribution in [0.1, 0.15) is 0 Å². The molecule has 4 atom stereocenters. The molecule has 1 fully saturated rings.